The largest absolute Gasteiger partial charge is 0.241 e. The quantitative estimate of drug-likeness (QED) is 0.621. The molecule has 4 heteroatoms. The number of rotatable bonds is 7. The lowest BCUT2D eigenvalue weighted by molar-refractivity contribution is 0.559. The Balaban J connectivity index is 1.88. The highest BCUT2D eigenvalue weighted by molar-refractivity contribution is 7.89. The summed E-state index contributed by atoms with van der Waals surface area (Å²) >= 11 is 0. The van der Waals surface area contributed by atoms with E-state index in [9.17, 15) is 8.42 Å². The summed E-state index contributed by atoms with van der Waals surface area (Å²) < 4.78 is 28.7. The Labute approximate surface area is 161 Å². The second-order valence-corrected chi connectivity index (χ2v) is 8.29. The maximum Gasteiger partial charge on any atom is 0.241 e. The Morgan fingerprint density at radius 1 is 0.889 bits per heavy atom. The molecule has 0 amide bonds. The summed E-state index contributed by atoms with van der Waals surface area (Å²) in [4.78, 5) is 0.263. The number of hydrogen-bond donors (Lipinski definition) is 1. The zero-order valence-corrected chi connectivity index (χ0v) is 16.1. The van der Waals surface area contributed by atoms with Gasteiger partial charge in [-0.15, -0.1) is 0 Å². The van der Waals surface area contributed by atoms with Crippen molar-refractivity contribution in [2.75, 3.05) is 0 Å². The first kappa shape index (κ1) is 19.1. The van der Waals surface area contributed by atoms with Gasteiger partial charge in [0.2, 0.25) is 10.0 Å². The van der Waals surface area contributed by atoms with Crippen LogP contribution in [0.1, 0.15) is 29.2 Å². The molecule has 27 heavy (non-hydrogen) atoms. The fourth-order valence-corrected chi connectivity index (χ4v) is 4.15. The van der Waals surface area contributed by atoms with Crippen LogP contribution in [-0.2, 0) is 10.0 Å². The minimum absolute atomic E-state index is 0.263. The van der Waals surface area contributed by atoms with E-state index in [0.717, 1.165) is 22.3 Å². The van der Waals surface area contributed by atoms with Crippen LogP contribution in [0, 0.1) is 6.92 Å². The smallest absolute Gasteiger partial charge is 0.207 e. The molecule has 3 aromatic rings. The third-order valence-corrected chi connectivity index (χ3v) is 5.95. The minimum Gasteiger partial charge on any atom is -0.207 e. The molecule has 3 aromatic carbocycles. The molecule has 3 nitrogen and oxygen atoms in total. The molecule has 0 bridgehead atoms. The second-order valence-electron chi connectivity index (χ2n) is 6.57. The van der Waals surface area contributed by atoms with E-state index < -0.39 is 16.1 Å². The molecule has 0 spiro atoms. The van der Waals surface area contributed by atoms with Crippen LogP contribution in [-0.4, -0.2) is 8.42 Å². The van der Waals surface area contributed by atoms with E-state index in [4.69, 9.17) is 0 Å². The van der Waals surface area contributed by atoms with E-state index in [0.29, 0.717) is 6.42 Å². The molecule has 0 saturated heterocycles. The zero-order chi connectivity index (χ0) is 19.3. The Morgan fingerprint density at radius 2 is 1.44 bits per heavy atom. The lowest BCUT2D eigenvalue weighted by Gasteiger charge is -2.21. The van der Waals surface area contributed by atoms with Gasteiger partial charge in [0.25, 0.3) is 0 Å². The van der Waals surface area contributed by atoms with Gasteiger partial charge in [-0.25, -0.2) is 13.1 Å². The van der Waals surface area contributed by atoms with Crippen LogP contribution >= 0.6 is 0 Å². The summed E-state index contributed by atoms with van der Waals surface area (Å²) in [6, 6.07) is 25.9. The van der Waals surface area contributed by atoms with Crippen molar-refractivity contribution >= 4 is 15.6 Å². The summed E-state index contributed by atoms with van der Waals surface area (Å²) in [7, 11) is -3.64. The first-order valence-electron chi connectivity index (χ1n) is 8.83. The second kappa shape index (κ2) is 8.33. The highest BCUT2D eigenvalue weighted by atomic mass is 32.2. The number of hydrogen-bond acceptors (Lipinski definition) is 2. The highest BCUT2D eigenvalue weighted by Crippen LogP contribution is 2.28. The molecule has 1 N–H and O–H groups in total. The fraction of sp³-hybridized carbons (Fsp3) is 0.130. The summed E-state index contributed by atoms with van der Waals surface area (Å²) in [6.07, 6.45) is 0.485. The van der Waals surface area contributed by atoms with Gasteiger partial charge < -0.3 is 0 Å². The zero-order valence-electron chi connectivity index (χ0n) is 15.3. The third-order valence-electron chi connectivity index (χ3n) is 4.46. The molecule has 0 aromatic heterocycles. The number of sulfonamides is 1. The van der Waals surface area contributed by atoms with E-state index in [2.05, 4.69) is 11.3 Å². The molecular formula is C23H23NO2S. The van der Waals surface area contributed by atoms with Crippen LogP contribution in [0.15, 0.2) is 96.4 Å². The van der Waals surface area contributed by atoms with Crippen LogP contribution in [0.3, 0.4) is 0 Å². The normalized spacial score (nSPS) is 12.5. The Hall–Kier alpha value is -2.69. The maximum atomic E-state index is 12.9. The predicted molar refractivity (Wildman–Crippen MR) is 111 cm³/mol. The van der Waals surface area contributed by atoms with E-state index in [1.54, 1.807) is 24.3 Å². The maximum absolute atomic E-state index is 12.9. The third kappa shape index (κ3) is 4.94. The van der Waals surface area contributed by atoms with Gasteiger partial charge in [-0.05, 0) is 42.2 Å². The number of aryl methyl sites for hydroxylation is 1. The van der Waals surface area contributed by atoms with Gasteiger partial charge in [-0.2, -0.15) is 0 Å². The van der Waals surface area contributed by atoms with E-state index >= 15 is 0 Å². The van der Waals surface area contributed by atoms with Crippen molar-refractivity contribution in [3.63, 3.8) is 0 Å². The van der Waals surface area contributed by atoms with Crippen molar-refractivity contribution in [3.05, 3.63) is 108 Å². The molecule has 138 valence electrons. The molecule has 3 rings (SSSR count). The molecule has 0 aliphatic carbocycles. The van der Waals surface area contributed by atoms with Gasteiger partial charge in [0.05, 0.1) is 10.9 Å². The van der Waals surface area contributed by atoms with Gasteiger partial charge >= 0.3 is 0 Å². The van der Waals surface area contributed by atoms with Gasteiger partial charge in [-0.3, -0.25) is 0 Å². The first-order valence-corrected chi connectivity index (χ1v) is 10.3. The van der Waals surface area contributed by atoms with Gasteiger partial charge in [0.15, 0.2) is 0 Å². The van der Waals surface area contributed by atoms with Crippen molar-refractivity contribution in [3.8, 4) is 0 Å². The van der Waals surface area contributed by atoms with E-state index in [1.165, 1.54) is 0 Å². The van der Waals surface area contributed by atoms with Crippen LogP contribution in [0.4, 0.5) is 0 Å². The molecule has 0 saturated carbocycles. The van der Waals surface area contributed by atoms with Crippen molar-refractivity contribution in [2.45, 2.75) is 24.3 Å². The first-order chi connectivity index (χ1) is 13.0. The summed E-state index contributed by atoms with van der Waals surface area (Å²) in [6.45, 7) is 6.10. The Bertz CT molecular complexity index is 995. The molecule has 0 aliphatic rings. The number of nitrogens with one attached hydrogen (secondary N) is 1. The summed E-state index contributed by atoms with van der Waals surface area (Å²) in [5.41, 5.74) is 3.82. The Kier molecular flexibility index (Phi) is 5.89. The van der Waals surface area contributed by atoms with Gasteiger partial charge in [-0.1, -0.05) is 84.9 Å². The van der Waals surface area contributed by atoms with Crippen molar-refractivity contribution < 1.29 is 8.42 Å². The lowest BCUT2D eigenvalue weighted by Crippen LogP contribution is -2.29. The SMILES string of the molecule is C=C(CC(NS(=O)(=O)c1ccc(C)cc1)c1ccccc1)c1ccccc1. The lowest BCUT2D eigenvalue weighted by atomic mass is 9.96. The summed E-state index contributed by atoms with van der Waals surface area (Å²) in [5.74, 6) is 0. The molecule has 0 radical (unpaired) electrons. The predicted octanol–water partition coefficient (Wildman–Crippen LogP) is 5.12. The van der Waals surface area contributed by atoms with Crippen LogP contribution in [0.2, 0.25) is 0 Å². The van der Waals surface area contributed by atoms with Crippen LogP contribution in [0.25, 0.3) is 5.57 Å². The van der Waals surface area contributed by atoms with Crippen molar-refractivity contribution in [1.29, 1.82) is 0 Å². The molecule has 1 unspecified atom stereocenters. The summed E-state index contributed by atoms with van der Waals surface area (Å²) in [5, 5.41) is 0. The van der Waals surface area contributed by atoms with E-state index in [-0.39, 0.29) is 4.90 Å². The molecule has 0 heterocycles. The van der Waals surface area contributed by atoms with Gasteiger partial charge in [0, 0.05) is 0 Å². The average molecular weight is 378 g/mol. The fourth-order valence-electron chi connectivity index (χ4n) is 2.92. The van der Waals surface area contributed by atoms with Crippen LogP contribution in [0.5, 0.6) is 0 Å². The van der Waals surface area contributed by atoms with Crippen LogP contribution < -0.4 is 4.72 Å². The molecule has 0 fully saturated rings. The molecule has 1 atom stereocenters. The topological polar surface area (TPSA) is 46.2 Å². The molecular weight excluding hydrogens is 354 g/mol. The molecule has 0 aliphatic heterocycles. The Morgan fingerprint density at radius 3 is 2.04 bits per heavy atom. The van der Waals surface area contributed by atoms with E-state index in [1.807, 2.05) is 67.6 Å². The average Bonchev–Trinajstić information content (AvgIpc) is 2.69. The van der Waals surface area contributed by atoms with Gasteiger partial charge in [0.1, 0.15) is 0 Å². The monoisotopic (exact) mass is 377 g/mol. The van der Waals surface area contributed by atoms with Crippen molar-refractivity contribution in [1.82, 2.24) is 4.72 Å². The standard InChI is InChI=1S/C23H23NO2S/c1-18-13-15-22(16-14-18)27(25,26)24-23(21-11-7-4-8-12-21)17-19(2)20-9-5-3-6-10-20/h3-16,23-24H,2,17H2,1H3. The van der Waals surface area contributed by atoms with Crippen molar-refractivity contribution in [2.24, 2.45) is 0 Å². The minimum atomic E-state index is -3.64. The highest BCUT2D eigenvalue weighted by Gasteiger charge is 2.22. The number of benzene rings is 3.